The van der Waals surface area contributed by atoms with Crippen LogP contribution in [0.25, 0.3) is 0 Å². The van der Waals surface area contributed by atoms with Crippen molar-refractivity contribution in [2.45, 2.75) is 46.0 Å². The molecule has 2 aliphatic rings. The number of aryl methyl sites for hydroxylation is 1. The van der Waals surface area contributed by atoms with Crippen LogP contribution in [-0.2, 0) is 9.59 Å². The Balaban J connectivity index is 1.62. The van der Waals surface area contributed by atoms with Gasteiger partial charge in [0.05, 0.1) is 12.0 Å². The molecule has 31 heavy (non-hydrogen) atoms. The maximum atomic E-state index is 13.2. The number of Topliss-reactive ketones (excluding diaryl/α,β-unsaturated/α-hetero) is 1. The SMILES string of the molecule is Cc1cc(C(C#N)c2ccc(Cl)cc2)c(Cl)cc1NC(=O)C12CCC(C1)C(C)(C)C2=O. The first kappa shape index (κ1) is 21.9. The molecule has 3 unspecified atom stereocenters. The Kier molecular flexibility index (Phi) is 5.40. The molecule has 2 bridgehead atoms. The van der Waals surface area contributed by atoms with E-state index in [9.17, 15) is 14.9 Å². The highest BCUT2D eigenvalue weighted by molar-refractivity contribution is 6.32. The molecule has 6 heteroatoms. The van der Waals surface area contributed by atoms with E-state index in [1.165, 1.54) is 0 Å². The molecule has 1 N–H and O–H groups in total. The maximum absolute atomic E-state index is 13.2. The predicted molar refractivity (Wildman–Crippen MR) is 122 cm³/mol. The van der Waals surface area contributed by atoms with E-state index in [1.54, 1.807) is 30.3 Å². The molecule has 2 saturated carbocycles. The van der Waals surface area contributed by atoms with Crippen molar-refractivity contribution < 1.29 is 9.59 Å². The minimum atomic E-state index is -0.940. The molecule has 4 rings (SSSR count). The number of nitrogens with one attached hydrogen (secondary N) is 1. The third-order valence-corrected chi connectivity index (χ3v) is 7.80. The lowest BCUT2D eigenvalue weighted by Gasteiger charge is -2.32. The molecule has 4 nitrogen and oxygen atoms in total. The lowest BCUT2D eigenvalue weighted by atomic mass is 9.70. The van der Waals surface area contributed by atoms with E-state index in [4.69, 9.17) is 23.2 Å². The molecule has 2 fully saturated rings. The fourth-order valence-corrected chi connectivity index (χ4v) is 5.66. The number of fused-ring (bicyclic) bond motifs is 2. The van der Waals surface area contributed by atoms with Crippen molar-refractivity contribution in [2.24, 2.45) is 16.7 Å². The molecule has 0 radical (unpaired) electrons. The lowest BCUT2D eigenvalue weighted by Crippen LogP contribution is -2.44. The molecular weight excluding hydrogens is 431 g/mol. The van der Waals surface area contributed by atoms with Gasteiger partial charge < -0.3 is 5.32 Å². The van der Waals surface area contributed by atoms with E-state index in [0.717, 1.165) is 17.5 Å². The van der Waals surface area contributed by atoms with E-state index >= 15 is 0 Å². The van der Waals surface area contributed by atoms with Crippen molar-refractivity contribution in [3.05, 3.63) is 63.1 Å². The van der Waals surface area contributed by atoms with Gasteiger partial charge in [-0.3, -0.25) is 9.59 Å². The van der Waals surface area contributed by atoms with Crippen LogP contribution in [0.3, 0.4) is 0 Å². The van der Waals surface area contributed by atoms with Crippen LogP contribution in [0.5, 0.6) is 0 Å². The average Bonchev–Trinajstić information content (AvgIpc) is 3.26. The van der Waals surface area contributed by atoms with Crippen LogP contribution in [0.15, 0.2) is 36.4 Å². The molecule has 0 aliphatic heterocycles. The van der Waals surface area contributed by atoms with Gasteiger partial charge in [-0.1, -0.05) is 55.2 Å². The van der Waals surface area contributed by atoms with Crippen LogP contribution in [0.4, 0.5) is 5.69 Å². The number of halogens is 2. The standard InChI is InChI=1S/C25H24Cl2N2O2/c1-14-10-18(19(13-28)15-4-6-17(26)7-5-15)20(27)11-21(14)29-23(31)25-9-8-16(12-25)24(2,3)22(25)30/h4-7,10-11,16,19H,8-9,12H2,1-3H3,(H,29,31). The van der Waals surface area contributed by atoms with Crippen LogP contribution in [-0.4, -0.2) is 11.7 Å². The van der Waals surface area contributed by atoms with Gasteiger partial charge in [0.25, 0.3) is 0 Å². The van der Waals surface area contributed by atoms with Crippen molar-refractivity contribution in [1.29, 1.82) is 5.26 Å². The largest absolute Gasteiger partial charge is 0.325 e. The van der Waals surface area contributed by atoms with E-state index < -0.39 is 16.7 Å². The summed E-state index contributed by atoms with van der Waals surface area (Å²) in [5.41, 5.74) is 1.42. The fraction of sp³-hybridized carbons (Fsp3) is 0.400. The van der Waals surface area contributed by atoms with Crippen molar-refractivity contribution in [3.63, 3.8) is 0 Å². The molecule has 0 heterocycles. The summed E-state index contributed by atoms with van der Waals surface area (Å²) in [7, 11) is 0. The predicted octanol–water partition coefficient (Wildman–Crippen LogP) is 6.29. The van der Waals surface area contributed by atoms with Crippen molar-refractivity contribution in [3.8, 4) is 6.07 Å². The van der Waals surface area contributed by atoms with Gasteiger partial charge in [-0.05, 0) is 67.0 Å². The monoisotopic (exact) mass is 454 g/mol. The smallest absolute Gasteiger partial charge is 0.238 e. The molecule has 2 aromatic carbocycles. The Morgan fingerprint density at radius 2 is 1.90 bits per heavy atom. The second-order valence-electron chi connectivity index (χ2n) is 9.33. The maximum Gasteiger partial charge on any atom is 0.238 e. The number of anilines is 1. The Labute approximate surface area is 192 Å². The quantitative estimate of drug-likeness (QED) is 0.551. The third-order valence-electron chi connectivity index (χ3n) is 7.22. The summed E-state index contributed by atoms with van der Waals surface area (Å²) < 4.78 is 0. The van der Waals surface area contributed by atoms with Gasteiger partial charge >= 0.3 is 0 Å². The van der Waals surface area contributed by atoms with Gasteiger partial charge in [0, 0.05) is 21.1 Å². The molecule has 160 valence electrons. The summed E-state index contributed by atoms with van der Waals surface area (Å²) in [6.07, 6.45) is 2.11. The first-order valence-corrected chi connectivity index (χ1v) is 11.2. The normalized spacial score (nSPS) is 24.6. The molecule has 2 aliphatic carbocycles. The van der Waals surface area contributed by atoms with Crippen LogP contribution < -0.4 is 5.32 Å². The van der Waals surface area contributed by atoms with Gasteiger partial charge in [0.15, 0.2) is 5.78 Å². The molecule has 2 aromatic rings. The summed E-state index contributed by atoms with van der Waals surface area (Å²) in [5, 5.41) is 13.7. The number of ketones is 1. The van der Waals surface area contributed by atoms with E-state index in [0.29, 0.717) is 34.1 Å². The zero-order valence-electron chi connectivity index (χ0n) is 17.8. The number of carbonyl (C=O) groups is 2. The molecule has 0 aromatic heterocycles. The summed E-state index contributed by atoms with van der Waals surface area (Å²) in [6.45, 7) is 5.76. The highest BCUT2D eigenvalue weighted by Crippen LogP contribution is 2.60. The zero-order valence-corrected chi connectivity index (χ0v) is 19.3. The van der Waals surface area contributed by atoms with Gasteiger partial charge in [-0.15, -0.1) is 0 Å². The molecule has 0 saturated heterocycles. The summed E-state index contributed by atoms with van der Waals surface area (Å²) in [6, 6.07) is 12.9. The highest BCUT2D eigenvalue weighted by Gasteiger charge is 2.65. The molecule has 0 spiro atoms. The number of nitrogens with zero attached hydrogens (tertiary/aromatic N) is 1. The van der Waals surface area contributed by atoms with Crippen LogP contribution in [0.1, 0.15) is 55.7 Å². The van der Waals surface area contributed by atoms with Crippen LogP contribution in [0, 0.1) is 35.0 Å². The second kappa shape index (κ2) is 7.65. The Morgan fingerprint density at radius 3 is 2.48 bits per heavy atom. The zero-order chi connectivity index (χ0) is 22.6. The summed E-state index contributed by atoms with van der Waals surface area (Å²) in [4.78, 5) is 26.3. The van der Waals surface area contributed by atoms with Crippen LogP contribution in [0.2, 0.25) is 10.0 Å². The van der Waals surface area contributed by atoms with Crippen molar-refractivity contribution >= 4 is 40.6 Å². The van der Waals surface area contributed by atoms with Crippen molar-refractivity contribution in [2.75, 3.05) is 5.32 Å². The Bertz CT molecular complexity index is 1120. The van der Waals surface area contributed by atoms with Gasteiger partial charge in [-0.2, -0.15) is 5.26 Å². The van der Waals surface area contributed by atoms with E-state index in [1.807, 2.05) is 26.8 Å². The minimum absolute atomic E-state index is 0.0430. The highest BCUT2D eigenvalue weighted by atomic mass is 35.5. The summed E-state index contributed by atoms with van der Waals surface area (Å²) in [5.74, 6) is -0.499. The number of rotatable bonds is 4. The number of hydrogen-bond acceptors (Lipinski definition) is 3. The lowest BCUT2D eigenvalue weighted by molar-refractivity contribution is -0.142. The Hall–Kier alpha value is -2.35. The topological polar surface area (TPSA) is 70.0 Å². The number of carbonyl (C=O) groups excluding carboxylic acids is 2. The van der Waals surface area contributed by atoms with Crippen LogP contribution >= 0.6 is 23.2 Å². The third kappa shape index (κ3) is 3.45. The van der Waals surface area contributed by atoms with Crippen molar-refractivity contribution in [1.82, 2.24) is 0 Å². The second-order valence-corrected chi connectivity index (χ2v) is 10.2. The number of hydrogen-bond donors (Lipinski definition) is 1. The van der Waals surface area contributed by atoms with Gasteiger partial charge in [0.1, 0.15) is 5.41 Å². The van der Waals surface area contributed by atoms with Gasteiger partial charge in [-0.25, -0.2) is 0 Å². The molecule has 3 atom stereocenters. The molecule has 1 amide bonds. The average molecular weight is 455 g/mol. The Morgan fingerprint density at radius 1 is 1.23 bits per heavy atom. The number of benzene rings is 2. The fourth-order valence-electron chi connectivity index (χ4n) is 5.26. The minimum Gasteiger partial charge on any atom is -0.325 e. The van der Waals surface area contributed by atoms with Gasteiger partial charge in [0.2, 0.25) is 5.91 Å². The first-order chi connectivity index (χ1) is 14.6. The molecular formula is C25H24Cl2N2O2. The first-order valence-electron chi connectivity index (χ1n) is 10.4. The number of amides is 1. The summed E-state index contributed by atoms with van der Waals surface area (Å²) >= 11 is 12.5. The number of nitriles is 1. The van der Waals surface area contributed by atoms with E-state index in [-0.39, 0.29) is 17.6 Å². The van der Waals surface area contributed by atoms with E-state index in [2.05, 4.69) is 11.4 Å².